The number of aromatic nitrogens is 2. The second-order valence-electron chi connectivity index (χ2n) is 4.56. The number of rotatable bonds is 7. The lowest BCUT2D eigenvalue weighted by atomic mass is 10.2. The lowest BCUT2D eigenvalue weighted by Crippen LogP contribution is -2.14. The van der Waals surface area contributed by atoms with Gasteiger partial charge in [-0.3, -0.25) is 0 Å². The van der Waals surface area contributed by atoms with Crippen LogP contribution in [0.2, 0.25) is 5.02 Å². The maximum Gasteiger partial charge on any atom is 0.0646 e. The quantitative estimate of drug-likeness (QED) is 0.795. The molecule has 0 bridgehead atoms. The zero-order valence-electron chi connectivity index (χ0n) is 11.2. The molecule has 0 aliphatic rings. The Hall–Kier alpha value is -1.83. The van der Waals surface area contributed by atoms with Crippen LogP contribution >= 0.6 is 11.6 Å². The average molecular weight is 289 g/mol. The van der Waals surface area contributed by atoms with Crippen molar-refractivity contribution < 1.29 is 0 Å². The molecule has 0 aliphatic carbocycles. The van der Waals surface area contributed by atoms with E-state index in [4.69, 9.17) is 16.9 Å². The van der Waals surface area contributed by atoms with E-state index in [0.29, 0.717) is 6.42 Å². The van der Waals surface area contributed by atoms with E-state index in [-0.39, 0.29) is 0 Å². The fourth-order valence-electron chi connectivity index (χ4n) is 1.87. The number of nitrogens with zero attached hydrogens (tertiary/aromatic N) is 3. The number of unbranched alkanes of at least 4 members (excludes halogenated alkanes) is 2. The van der Waals surface area contributed by atoms with Crippen LogP contribution in [0.3, 0.4) is 0 Å². The first-order valence-electron chi connectivity index (χ1n) is 6.67. The van der Waals surface area contributed by atoms with Crippen molar-refractivity contribution in [2.45, 2.75) is 25.8 Å². The maximum atomic E-state index is 8.44. The number of nitriles is 1. The van der Waals surface area contributed by atoms with E-state index in [1.54, 1.807) is 0 Å². The molecule has 1 heterocycles. The summed E-state index contributed by atoms with van der Waals surface area (Å²) in [5.74, 6) is 0. The fourth-order valence-corrected chi connectivity index (χ4v) is 2.00. The summed E-state index contributed by atoms with van der Waals surface area (Å²) >= 11 is 5.87. The first-order valence-corrected chi connectivity index (χ1v) is 7.04. The highest BCUT2D eigenvalue weighted by Crippen LogP contribution is 2.13. The van der Waals surface area contributed by atoms with Gasteiger partial charge >= 0.3 is 0 Å². The topological polar surface area (TPSA) is 53.6 Å². The largest absolute Gasteiger partial charge is 0.313 e. The highest BCUT2D eigenvalue weighted by atomic mass is 35.5. The van der Waals surface area contributed by atoms with E-state index in [9.17, 15) is 0 Å². The summed E-state index contributed by atoms with van der Waals surface area (Å²) < 4.78 is 1.84. The molecule has 0 amide bonds. The van der Waals surface area contributed by atoms with Crippen LogP contribution in [0.15, 0.2) is 36.7 Å². The van der Waals surface area contributed by atoms with Crippen LogP contribution in [0, 0.1) is 11.3 Å². The van der Waals surface area contributed by atoms with Gasteiger partial charge in [-0.1, -0.05) is 11.6 Å². The Labute approximate surface area is 124 Å². The summed E-state index contributed by atoms with van der Waals surface area (Å²) in [6.45, 7) is 1.72. The smallest absolute Gasteiger partial charge is 0.0646 e. The van der Waals surface area contributed by atoms with Gasteiger partial charge in [0, 0.05) is 29.7 Å². The molecule has 1 N–H and O–H groups in total. The predicted octanol–water partition coefficient (Wildman–Crippen LogP) is 3.31. The number of hydrogen-bond donors (Lipinski definition) is 1. The first kappa shape index (κ1) is 14.6. The first-order chi connectivity index (χ1) is 9.79. The third-order valence-electron chi connectivity index (χ3n) is 2.95. The monoisotopic (exact) mass is 288 g/mol. The molecule has 4 nitrogen and oxygen atoms in total. The SMILES string of the molecule is N#CCCCCNCc1cnn(-c2ccc(Cl)cc2)c1. The van der Waals surface area contributed by atoms with Crippen LogP contribution in [-0.2, 0) is 6.54 Å². The standard InChI is InChI=1S/C15H17ClN4/c16-14-4-6-15(7-5-14)20-12-13(11-19-20)10-18-9-3-1-2-8-17/h4-7,11-12,18H,1-3,9-10H2. The van der Waals surface area contributed by atoms with Crippen LogP contribution in [0.25, 0.3) is 5.69 Å². The third-order valence-corrected chi connectivity index (χ3v) is 3.20. The Kier molecular flexibility index (Phi) is 5.60. The Bertz CT molecular complexity index is 568. The molecule has 0 radical (unpaired) electrons. The van der Waals surface area contributed by atoms with Crippen molar-refractivity contribution in [3.8, 4) is 11.8 Å². The molecule has 104 valence electrons. The van der Waals surface area contributed by atoms with Gasteiger partial charge in [0.15, 0.2) is 0 Å². The van der Waals surface area contributed by atoms with Crippen LogP contribution < -0.4 is 5.32 Å². The highest BCUT2D eigenvalue weighted by Gasteiger charge is 2.00. The van der Waals surface area contributed by atoms with Crippen molar-refractivity contribution in [1.29, 1.82) is 5.26 Å². The molecule has 2 aromatic rings. The zero-order valence-corrected chi connectivity index (χ0v) is 12.0. The molecular weight excluding hydrogens is 272 g/mol. The van der Waals surface area contributed by atoms with Crippen LogP contribution in [0.4, 0.5) is 0 Å². The van der Waals surface area contributed by atoms with Gasteiger partial charge in [0.05, 0.1) is 18.0 Å². The minimum absolute atomic E-state index is 0.635. The molecule has 0 saturated carbocycles. The van der Waals surface area contributed by atoms with Gasteiger partial charge in [-0.05, 0) is 43.7 Å². The Morgan fingerprint density at radius 2 is 2.05 bits per heavy atom. The molecule has 0 aliphatic heterocycles. The van der Waals surface area contributed by atoms with Crippen LogP contribution in [0.1, 0.15) is 24.8 Å². The van der Waals surface area contributed by atoms with Crippen molar-refractivity contribution in [3.05, 3.63) is 47.2 Å². The highest BCUT2D eigenvalue weighted by molar-refractivity contribution is 6.30. The van der Waals surface area contributed by atoms with Gasteiger partial charge in [0.1, 0.15) is 0 Å². The molecule has 0 saturated heterocycles. The maximum absolute atomic E-state index is 8.44. The molecular formula is C15H17ClN4. The predicted molar refractivity (Wildman–Crippen MR) is 79.7 cm³/mol. The molecule has 20 heavy (non-hydrogen) atoms. The van der Waals surface area contributed by atoms with Crippen molar-refractivity contribution >= 4 is 11.6 Å². The summed E-state index contributed by atoms with van der Waals surface area (Å²) in [4.78, 5) is 0. The lowest BCUT2D eigenvalue weighted by Gasteiger charge is -2.02. The molecule has 1 aromatic heterocycles. The number of hydrogen-bond acceptors (Lipinski definition) is 3. The van der Waals surface area contributed by atoms with Gasteiger partial charge in [-0.25, -0.2) is 4.68 Å². The van der Waals surface area contributed by atoms with Crippen molar-refractivity contribution in [1.82, 2.24) is 15.1 Å². The minimum atomic E-state index is 0.635. The van der Waals surface area contributed by atoms with E-state index in [2.05, 4.69) is 16.5 Å². The molecule has 2 rings (SSSR count). The summed E-state index contributed by atoms with van der Waals surface area (Å²) in [6, 6.07) is 9.73. The number of benzene rings is 1. The fraction of sp³-hybridized carbons (Fsp3) is 0.333. The molecule has 0 spiro atoms. The van der Waals surface area contributed by atoms with Gasteiger partial charge in [-0.2, -0.15) is 10.4 Å². The van der Waals surface area contributed by atoms with E-state index < -0.39 is 0 Å². The van der Waals surface area contributed by atoms with Crippen LogP contribution in [-0.4, -0.2) is 16.3 Å². The van der Waals surface area contributed by atoms with E-state index in [1.165, 1.54) is 0 Å². The zero-order chi connectivity index (χ0) is 14.2. The number of nitrogens with one attached hydrogen (secondary N) is 1. The molecule has 0 unspecified atom stereocenters. The summed E-state index contributed by atoms with van der Waals surface area (Å²) in [7, 11) is 0. The lowest BCUT2D eigenvalue weighted by molar-refractivity contribution is 0.628. The van der Waals surface area contributed by atoms with Crippen LogP contribution in [0.5, 0.6) is 0 Å². The molecule has 0 atom stereocenters. The summed E-state index contributed by atoms with van der Waals surface area (Å²) in [6.07, 6.45) is 6.48. The van der Waals surface area contributed by atoms with Gasteiger partial charge < -0.3 is 5.32 Å². The Balaban J connectivity index is 1.80. The van der Waals surface area contributed by atoms with E-state index in [1.807, 2.05) is 41.3 Å². The summed E-state index contributed by atoms with van der Waals surface area (Å²) in [5.41, 5.74) is 2.13. The van der Waals surface area contributed by atoms with Crippen molar-refractivity contribution in [2.75, 3.05) is 6.54 Å². The van der Waals surface area contributed by atoms with Gasteiger partial charge in [-0.15, -0.1) is 0 Å². The summed E-state index contributed by atoms with van der Waals surface area (Å²) in [5, 5.41) is 16.8. The normalized spacial score (nSPS) is 10.4. The van der Waals surface area contributed by atoms with Crippen molar-refractivity contribution in [3.63, 3.8) is 0 Å². The van der Waals surface area contributed by atoms with E-state index >= 15 is 0 Å². The minimum Gasteiger partial charge on any atom is -0.313 e. The molecule has 1 aromatic carbocycles. The average Bonchev–Trinajstić information content (AvgIpc) is 2.92. The second kappa shape index (κ2) is 7.68. The van der Waals surface area contributed by atoms with Gasteiger partial charge in [0.2, 0.25) is 0 Å². The molecule has 5 heteroatoms. The van der Waals surface area contributed by atoms with E-state index in [0.717, 1.165) is 42.2 Å². The third kappa shape index (κ3) is 4.37. The second-order valence-corrected chi connectivity index (χ2v) is 5.00. The Morgan fingerprint density at radius 3 is 2.80 bits per heavy atom. The van der Waals surface area contributed by atoms with Crippen molar-refractivity contribution in [2.24, 2.45) is 0 Å². The molecule has 0 fully saturated rings. The number of halogens is 1. The Morgan fingerprint density at radius 1 is 1.25 bits per heavy atom. The van der Waals surface area contributed by atoms with Gasteiger partial charge in [0.25, 0.3) is 0 Å².